The molecule has 0 spiro atoms. The number of carbonyl (C=O) groups excluding carboxylic acids is 1. The van der Waals surface area contributed by atoms with Crippen LogP contribution in [0.2, 0.25) is 0 Å². The summed E-state index contributed by atoms with van der Waals surface area (Å²) in [4.78, 5) is 20.5. The lowest BCUT2D eigenvalue weighted by atomic mass is 10.0. The molecule has 1 unspecified atom stereocenters. The third-order valence-electron chi connectivity index (χ3n) is 3.84. The van der Waals surface area contributed by atoms with Gasteiger partial charge >= 0.3 is 0 Å². The van der Waals surface area contributed by atoms with Crippen LogP contribution in [-0.4, -0.2) is 15.9 Å². The third-order valence-corrected chi connectivity index (χ3v) is 4.23. The Balaban J connectivity index is 1.88. The highest BCUT2D eigenvalue weighted by Crippen LogP contribution is 2.24. The highest BCUT2D eigenvalue weighted by atomic mass is 79.9. The fourth-order valence-electron chi connectivity index (χ4n) is 2.74. The number of halogens is 1. The van der Waals surface area contributed by atoms with Crippen molar-refractivity contribution in [2.45, 2.75) is 33.2 Å². The van der Waals surface area contributed by atoms with E-state index in [0.29, 0.717) is 16.3 Å². The number of aromatic amines is 1. The first-order chi connectivity index (χ1) is 11.4. The molecule has 2 N–H and O–H groups in total. The first-order valence-electron chi connectivity index (χ1n) is 7.95. The van der Waals surface area contributed by atoms with Crippen molar-refractivity contribution in [3.05, 3.63) is 52.1 Å². The molecule has 0 aliphatic heterocycles. The fraction of sp³-hybridized carbons (Fsp3) is 0.333. The predicted molar refractivity (Wildman–Crippen MR) is 96.9 cm³/mol. The molecule has 0 bridgehead atoms. The minimum atomic E-state index is -0.232. The zero-order valence-electron chi connectivity index (χ0n) is 13.9. The van der Waals surface area contributed by atoms with E-state index in [9.17, 15) is 4.79 Å². The van der Waals surface area contributed by atoms with Gasteiger partial charge in [0.15, 0.2) is 10.4 Å². The van der Waals surface area contributed by atoms with E-state index in [2.05, 4.69) is 45.1 Å². The molecule has 0 radical (unpaired) electrons. The average Bonchev–Trinajstić information content (AvgIpc) is 3.08. The van der Waals surface area contributed by atoms with Gasteiger partial charge in [0, 0.05) is 5.56 Å². The molecule has 3 rings (SSSR count). The van der Waals surface area contributed by atoms with Crippen molar-refractivity contribution in [1.29, 1.82) is 0 Å². The summed E-state index contributed by atoms with van der Waals surface area (Å²) >= 11 is 3.26. The van der Waals surface area contributed by atoms with Crippen LogP contribution in [0.15, 0.2) is 39.4 Å². The maximum atomic E-state index is 12.6. The summed E-state index contributed by atoms with van der Waals surface area (Å²) in [5.74, 6) is 1.27. The molecule has 0 aliphatic rings. The van der Waals surface area contributed by atoms with E-state index in [4.69, 9.17) is 4.42 Å². The predicted octanol–water partition coefficient (Wildman–Crippen LogP) is 4.74. The van der Waals surface area contributed by atoms with Crippen molar-refractivity contribution in [3.63, 3.8) is 0 Å². The summed E-state index contributed by atoms with van der Waals surface area (Å²) < 4.78 is 6.00. The monoisotopic (exact) mass is 389 g/mol. The van der Waals surface area contributed by atoms with E-state index >= 15 is 0 Å². The summed E-state index contributed by atoms with van der Waals surface area (Å²) in [6.45, 7) is 6.09. The van der Waals surface area contributed by atoms with Crippen LogP contribution >= 0.6 is 15.9 Å². The minimum absolute atomic E-state index is 0.201. The largest absolute Gasteiger partial charge is 0.444 e. The Morgan fingerprint density at radius 2 is 2.12 bits per heavy atom. The number of para-hydroxylation sites is 2. The molecule has 2 aromatic heterocycles. The van der Waals surface area contributed by atoms with Gasteiger partial charge in [-0.25, -0.2) is 4.98 Å². The molecule has 0 aliphatic carbocycles. The van der Waals surface area contributed by atoms with E-state index < -0.39 is 0 Å². The third kappa shape index (κ3) is 3.53. The van der Waals surface area contributed by atoms with Crippen molar-refractivity contribution in [1.82, 2.24) is 15.3 Å². The molecule has 0 saturated carbocycles. The van der Waals surface area contributed by atoms with Crippen molar-refractivity contribution in [3.8, 4) is 0 Å². The number of nitrogens with zero attached hydrogens (tertiary/aromatic N) is 1. The Morgan fingerprint density at radius 3 is 2.75 bits per heavy atom. The first-order valence-corrected chi connectivity index (χ1v) is 8.74. The first kappa shape index (κ1) is 16.8. The van der Waals surface area contributed by atoms with Gasteiger partial charge in [-0.2, -0.15) is 0 Å². The van der Waals surface area contributed by atoms with Crippen molar-refractivity contribution < 1.29 is 9.21 Å². The number of furan rings is 1. The van der Waals surface area contributed by atoms with Gasteiger partial charge in [0.1, 0.15) is 5.82 Å². The number of imidazole rings is 1. The SMILES string of the molecule is Cc1cc(Br)oc1C(=O)NC(CC(C)C)c1nc2ccccc2[nH]1. The lowest BCUT2D eigenvalue weighted by Gasteiger charge is -2.18. The second kappa shape index (κ2) is 6.81. The molecule has 0 saturated heterocycles. The lowest BCUT2D eigenvalue weighted by Crippen LogP contribution is -2.30. The number of aryl methyl sites for hydroxylation is 1. The van der Waals surface area contributed by atoms with Crippen LogP contribution in [0.25, 0.3) is 11.0 Å². The van der Waals surface area contributed by atoms with E-state index in [1.165, 1.54) is 0 Å². The van der Waals surface area contributed by atoms with Crippen molar-refractivity contribution in [2.75, 3.05) is 0 Å². The van der Waals surface area contributed by atoms with Gasteiger partial charge in [-0.1, -0.05) is 26.0 Å². The Morgan fingerprint density at radius 1 is 1.38 bits per heavy atom. The summed E-state index contributed by atoms with van der Waals surface area (Å²) in [6, 6.07) is 9.43. The number of H-pyrrole nitrogens is 1. The highest BCUT2D eigenvalue weighted by molar-refractivity contribution is 9.10. The molecule has 0 fully saturated rings. The van der Waals surface area contributed by atoms with E-state index in [0.717, 1.165) is 28.8 Å². The number of fused-ring (bicyclic) bond motifs is 1. The second-order valence-electron chi connectivity index (χ2n) is 6.36. The molecule has 6 heteroatoms. The second-order valence-corrected chi connectivity index (χ2v) is 7.14. The van der Waals surface area contributed by atoms with Gasteiger partial charge in [0.2, 0.25) is 0 Å². The van der Waals surface area contributed by atoms with Crippen LogP contribution in [0.1, 0.15) is 48.3 Å². The number of amides is 1. The molecule has 5 nitrogen and oxygen atoms in total. The number of hydrogen-bond donors (Lipinski definition) is 2. The number of benzene rings is 1. The minimum Gasteiger partial charge on any atom is -0.444 e. The molecule has 2 heterocycles. The summed E-state index contributed by atoms with van der Waals surface area (Å²) in [5, 5.41) is 3.05. The maximum absolute atomic E-state index is 12.6. The highest BCUT2D eigenvalue weighted by Gasteiger charge is 2.23. The van der Waals surface area contributed by atoms with Gasteiger partial charge in [0.25, 0.3) is 5.91 Å². The van der Waals surface area contributed by atoms with Crippen molar-refractivity contribution >= 4 is 32.9 Å². The number of nitrogens with one attached hydrogen (secondary N) is 2. The van der Waals surface area contributed by atoms with Gasteiger partial charge < -0.3 is 14.7 Å². The topological polar surface area (TPSA) is 70.9 Å². The van der Waals surface area contributed by atoms with Crippen LogP contribution in [0.4, 0.5) is 0 Å². The number of hydrogen-bond acceptors (Lipinski definition) is 3. The number of aromatic nitrogens is 2. The van der Waals surface area contributed by atoms with Crippen LogP contribution in [-0.2, 0) is 0 Å². The van der Waals surface area contributed by atoms with Gasteiger partial charge in [-0.05, 0) is 53.4 Å². The molecular weight excluding hydrogens is 370 g/mol. The van der Waals surface area contributed by atoms with Crippen LogP contribution in [0, 0.1) is 12.8 Å². The summed E-state index contributed by atoms with van der Waals surface area (Å²) in [6.07, 6.45) is 0.784. The zero-order valence-corrected chi connectivity index (χ0v) is 15.5. The van der Waals surface area contributed by atoms with Crippen LogP contribution in [0.3, 0.4) is 0 Å². The van der Waals surface area contributed by atoms with Crippen molar-refractivity contribution in [2.24, 2.45) is 5.92 Å². The standard InChI is InChI=1S/C18H20BrN3O2/c1-10(2)8-14(17-20-12-6-4-5-7-13(12)21-17)22-18(23)16-11(3)9-15(19)24-16/h4-7,9-10,14H,8H2,1-3H3,(H,20,21)(H,22,23). The Bertz CT molecular complexity index is 833. The summed E-state index contributed by atoms with van der Waals surface area (Å²) in [5.41, 5.74) is 2.66. The van der Waals surface area contributed by atoms with E-state index in [1.54, 1.807) is 6.07 Å². The summed E-state index contributed by atoms with van der Waals surface area (Å²) in [7, 11) is 0. The number of rotatable bonds is 5. The molecular formula is C18H20BrN3O2. The maximum Gasteiger partial charge on any atom is 0.287 e. The molecule has 24 heavy (non-hydrogen) atoms. The molecule has 1 atom stereocenters. The van der Waals surface area contributed by atoms with E-state index in [1.807, 2.05) is 31.2 Å². The Kier molecular flexibility index (Phi) is 4.76. The van der Waals surface area contributed by atoms with E-state index in [-0.39, 0.29) is 11.9 Å². The van der Waals surface area contributed by atoms with Gasteiger partial charge in [0.05, 0.1) is 17.1 Å². The molecule has 126 valence electrons. The fourth-order valence-corrected chi connectivity index (χ4v) is 3.25. The normalized spacial score (nSPS) is 12.7. The molecule has 3 aromatic rings. The zero-order chi connectivity index (χ0) is 17.3. The van der Waals surface area contributed by atoms with Gasteiger partial charge in [-0.15, -0.1) is 0 Å². The average molecular weight is 390 g/mol. The quantitative estimate of drug-likeness (QED) is 0.661. The molecule has 1 aromatic carbocycles. The molecule has 1 amide bonds. The number of carbonyl (C=O) groups is 1. The smallest absolute Gasteiger partial charge is 0.287 e. The Hall–Kier alpha value is -2.08. The lowest BCUT2D eigenvalue weighted by molar-refractivity contribution is 0.0899. The van der Waals surface area contributed by atoms with Gasteiger partial charge in [-0.3, -0.25) is 4.79 Å². The Labute approximate surface area is 149 Å². The van der Waals surface area contributed by atoms with Crippen LogP contribution in [0.5, 0.6) is 0 Å². The van der Waals surface area contributed by atoms with Crippen LogP contribution < -0.4 is 5.32 Å².